The van der Waals surface area contributed by atoms with Gasteiger partial charge in [-0.2, -0.15) is 9.46 Å². The van der Waals surface area contributed by atoms with Crippen LogP contribution in [0.1, 0.15) is 79.6 Å². The third kappa shape index (κ3) is 8.44. The highest BCUT2D eigenvalue weighted by Gasteiger charge is 2.42. The second-order valence-electron chi connectivity index (χ2n) is 14.6. The molecule has 0 fully saturated rings. The fourth-order valence-corrected chi connectivity index (χ4v) is 10.4. The number of anilines is 1. The second kappa shape index (κ2) is 16.0. The van der Waals surface area contributed by atoms with Crippen molar-refractivity contribution in [3.63, 3.8) is 0 Å². The van der Waals surface area contributed by atoms with Crippen LogP contribution in [0.15, 0.2) is 65.2 Å². The number of aryl methyl sites for hydroxylation is 3. The number of carbonyl (C=O) groups excluding carboxylic acids is 2. The number of aromatic nitrogens is 2. The Morgan fingerprint density at radius 2 is 2.02 bits per heavy atom. The summed E-state index contributed by atoms with van der Waals surface area (Å²) in [5.41, 5.74) is 4.36. The summed E-state index contributed by atoms with van der Waals surface area (Å²) in [5, 5.41) is 4.92. The topological polar surface area (TPSA) is 103 Å². The van der Waals surface area contributed by atoms with Crippen molar-refractivity contribution >= 4 is 38.7 Å². The Morgan fingerprint density at radius 3 is 2.78 bits per heavy atom. The van der Waals surface area contributed by atoms with Crippen LogP contribution in [-0.4, -0.2) is 70.1 Å². The van der Waals surface area contributed by atoms with Crippen LogP contribution in [0, 0.1) is 11.8 Å². The molecule has 3 aliphatic rings. The summed E-state index contributed by atoms with van der Waals surface area (Å²) < 4.78 is 33.2. The van der Waals surface area contributed by atoms with Crippen LogP contribution in [0.5, 0.6) is 5.75 Å². The van der Waals surface area contributed by atoms with Crippen molar-refractivity contribution in [3.05, 3.63) is 88.2 Å². The number of rotatable bonds is 7. The molecule has 3 aromatic rings. The van der Waals surface area contributed by atoms with Gasteiger partial charge >= 0.3 is 0 Å². The molecule has 1 aliphatic carbocycles. The number of ketones is 1. The Labute approximate surface area is 307 Å². The van der Waals surface area contributed by atoms with E-state index in [1.54, 1.807) is 24.1 Å². The predicted octanol–water partition coefficient (Wildman–Crippen LogP) is 7.38. The van der Waals surface area contributed by atoms with Gasteiger partial charge in [0, 0.05) is 67.3 Å². The Hall–Kier alpha value is -3.47. The number of benzene rings is 2. The highest BCUT2D eigenvalue weighted by molar-refractivity contribution is 7.94. The standard InChI is InChI=1S/C40H51ClN4O5S/c1-5-29-24-45-26-40(19-9-10-30-22-32(41)13-16-35(30)40)27-50-38-17-12-31(23-36(38)45)39(47)43-51(48,21-8-6-7-11-37(49-4)28(29)2)25-34(46)15-14-33-18-20-42-44(33)3/h7,11-13,16-18,20,22-23,28-29,37H,5-6,8-10,14-15,19,21,24-27H2,1-4H3/b11-7+/t28-,29+,37+,40+,51-/m1/s1. The smallest absolute Gasteiger partial charge is 0.285 e. The van der Waals surface area contributed by atoms with E-state index in [-0.39, 0.29) is 47.1 Å². The van der Waals surface area contributed by atoms with Gasteiger partial charge in [-0.3, -0.25) is 14.3 Å². The summed E-state index contributed by atoms with van der Waals surface area (Å²) in [6, 6.07) is 13.5. The van der Waals surface area contributed by atoms with Gasteiger partial charge in [0.05, 0.1) is 33.9 Å². The van der Waals surface area contributed by atoms with E-state index >= 15 is 0 Å². The Morgan fingerprint density at radius 1 is 1.18 bits per heavy atom. The van der Waals surface area contributed by atoms with E-state index < -0.39 is 15.6 Å². The van der Waals surface area contributed by atoms with Gasteiger partial charge in [0.25, 0.3) is 5.91 Å². The Balaban J connectivity index is 1.39. The molecule has 0 N–H and O–H groups in total. The van der Waals surface area contributed by atoms with Gasteiger partial charge in [-0.25, -0.2) is 4.21 Å². The molecule has 2 aromatic carbocycles. The number of nitrogens with zero attached hydrogens (tertiary/aromatic N) is 4. The molecule has 1 amide bonds. The summed E-state index contributed by atoms with van der Waals surface area (Å²) in [6.45, 7) is 6.44. The lowest BCUT2D eigenvalue weighted by molar-refractivity contribution is -0.116. The zero-order chi connectivity index (χ0) is 36.2. The molecule has 1 spiro atoms. The number of ether oxygens (including phenoxy) is 2. The molecule has 274 valence electrons. The summed E-state index contributed by atoms with van der Waals surface area (Å²) in [6.07, 6.45) is 11.6. The zero-order valence-corrected chi connectivity index (χ0v) is 31.9. The van der Waals surface area contributed by atoms with Gasteiger partial charge in [0.2, 0.25) is 0 Å². The van der Waals surface area contributed by atoms with E-state index in [0.29, 0.717) is 43.7 Å². The largest absolute Gasteiger partial charge is 0.490 e. The van der Waals surface area contributed by atoms with Crippen molar-refractivity contribution < 1.29 is 23.3 Å². The molecule has 2 aliphatic heterocycles. The minimum atomic E-state index is -3.18. The zero-order valence-electron chi connectivity index (χ0n) is 30.3. The molecule has 11 heteroatoms. The SMILES string of the molecule is CC[C@H]1CN2C[C@@]3(CCCc4cc(Cl)ccc43)COc3ccc(cc32)C(=O)N=[S@](=O)(CC(=O)CCc2ccnn2C)CCC/C=C/[C@H](OC)[C@@H]1C. The van der Waals surface area contributed by atoms with Crippen LogP contribution in [0.3, 0.4) is 0 Å². The molecule has 3 heterocycles. The van der Waals surface area contributed by atoms with E-state index in [9.17, 15) is 13.8 Å². The average Bonchev–Trinajstić information content (AvgIpc) is 3.46. The highest BCUT2D eigenvalue weighted by Crippen LogP contribution is 2.45. The van der Waals surface area contributed by atoms with Crippen molar-refractivity contribution in [2.75, 3.05) is 43.2 Å². The molecule has 0 unspecified atom stereocenters. The first-order valence-electron chi connectivity index (χ1n) is 18.3. The van der Waals surface area contributed by atoms with Gasteiger partial charge in [-0.15, -0.1) is 0 Å². The molecule has 6 rings (SSSR count). The highest BCUT2D eigenvalue weighted by atomic mass is 35.5. The molecule has 5 atom stereocenters. The van der Waals surface area contributed by atoms with Crippen LogP contribution in [-0.2, 0) is 44.6 Å². The molecule has 1 aromatic heterocycles. The number of hydrogen-bond donors (Lipinski definition) is 0. The van der Waals surface area contributed by atoms with E-state index in [1.165, 1.54) is 11.1 Å². The molecular weight excluding hydrogens is 684 g/mol. The average molecular weight is 735 g/mol. The molecule has 9 nitrogen and oxygen atoms in total. The molecular formula is C40H51ClN4O5S. The number of allylic oxidation sites excluding steroid dienone is 1. The predicted molar refractivity (Wildman–Crippen MR) is 204 cm³/mol. The third-order valence-corrected chi connectivity index (χ3v) is 13.6. The lowest BCUT2D eigenvalue weighted by Gasteiger charge is -2.42. The van der Waals surface area contributed by atoms with Crippen LogP contribution < -0.4 is 9.64 Å². The van der Waals surface area contributed by atoms with E-state index in [4.69, 9.17) is 21.1 Å². The van der Waals surface area contributed by atoms with E-state index in [0.717, 1.165) is 48.6 Å². The molecule has 0 saturated heterocycles. The lowest BCUT2D eigenvalue weighted by Crippen LogP contribution is -2.47. The first-order valence-corrected chi connectivity index (χ1v) is 20.5. The maximum Gasteiger partial charge on any atom is 0.285 e. The maximum atomic E-state index is 14.4. The van der Waals surface area contributed by atoms with Gasteiger partial charge in [-0.1, -0.05) is 50.1 Å². The number of methoxy groups -OCH3 is 1. The monoisotopic (exact) mass is 734 g/mol. The number of hydrogen-bond acceptors (Lipinski definition) is 7. The Kier molecular flexibility index (Phi) is 11.7. The van der Waals surface area contributed by atoms with Crippen molar-refractivity contribution in [1.82, 2.24) is 9.78 Å². The van der Waals surface area contributed by atoms with Crippen LogP contribution in [0.4, 0.5) is 5.69 Å². The first kappa shape index (κ1) is 37.3. The fraction of sp³-hybridized carbons (Fsp3) is 0.525. The molecule has 0 saturated carbocycles. The molecule has 51 heavy (non-hydrogen) atoms. The number of carbonyl (C=O) groups is 2. The van der Waals surface area contributed by atoms with E-state index in [2.05, 4.69) is 52.5 Å². The van der Waals surface area contributed by atoms with Crippen molar-refractivity contribution in [3.8, 4) is 5.75 Å². The minimum Gasteiger partial charge on any atom is -0.490 e. The van der Waals surface area contributed by atoms with Crippen molar-refractivity contribution in [1.29, 1.82) is 0 Å². The summed E-state index contributed by atoms with van der Waals surface area (Å²) in [4.78, 5) is 29.6. The maximum absolute atomic E-state index is 14.4. The van der Waals surface area contributed by atoms with Gasteiger partial charge in [0.1, 0.15) is 11.5 Å². The first-order chi connectivity index (χ1) is 24.5. The van der Waals surface area contributed by atoms with Gasteiger partial charge in [0.15, 0.2) is 0 Å². The third-order valence-electron chi connectivity index (χ3n) is 11.2. The van der Waals surface area contributed by atoms with Gasteiger partial charge < -0.3 is 14.4 Å². The fourth-order valence-electron chi connectivity index (χ4n) is 8.18. The van der Waals surface area contributed by atoms with Gasteiger partial charge in [-0.05, 0) is 97.9 Å². The van der Waals surface area contributed by atoms with Crippen molar-refractivity contribution in [2.45, 2.75) is 76.7 Å². The van der Waals surface area contributed by atoms with Crippen molar-refractivity contribution in [2.24, 2.45) is 23.2 Å². The Bertz CT molecular complexity index is 1900. The number of halogens is 1. The van der Waals surface area contributed by atoms with Crippen LogP contribution >= 0.6 is 11.6 Å². The summed E-state index contributed by atoms with van der Waals surface area (Å²) >= 11 is 6.46. The number of fused-ring (bicyclic) bond motifs is 3. The quantitative estimate of drug-likeness (QED) is 0.234. The number of amides is 1. The van der Waals surface area contributed by atoms with Crippen LogP contribution in [0.25, 0.3) is 0 Å². The number of Topliss-reactive ketones (excluding diaryl/α,β-unsaturated/α-hetero) is 1. The van der Waals surface area contributed by atoms with Crippen LogP contribution in [0.2, 0.25) is 5.02 Å². The minimum absolute atomic E-state index is 0.104. The summed E-state index contributed by atoms with van der Waals surface area (Å²) in [5.74, 6) is 0.334. The lowest BCUT2D eigenvalue weighted by atomic mass is 9.70. The molecule has 0 radical (unpaired) electrons. The summed E-state index contributed by atoms with van der Waals surface area (Å²) in [7, 11) is 0.409. The van der Waals surface area contributed by atoms with E-state index in [1.807, 2.05) is 31.3 Å². The normalized spacial score (nSPS) is 27.6. The molecule has 2 bridgehead atoms. The second-order valence-corrected chi connectivity index (χ2v) is 17.4.